The van der Waals surface area contributed by atoms with Crippen molar-refractivity contribution in [3.05, 3.63) is 197 Å². The fourth-order valence-corrected chi connectivity index (χ4v) is 10.8. The van der Waals surface area contributed by atoms with Gasteiger partial charge >= 0.3 is 6.01 Å². The van der Waals surface area contributed by atoms with Gasteiger partial charge in [0.05, 0.1) is 24.7 Å². The molecule has 0 amide bonds. The van der Waals surface area contributed by atoms with Gasteiger partial charge in [0.15, 0.2) is 0 Å². The van der Waals surface area contributed by atoms with Gasteiger partial charge in [-0.05, 0) is 85.6 Å². The number of aryl methyl sites for hydroxylation is 1. The number of benzene rings is 5. The van der Waals surface area contributed by atoms with E-state index in [0.717, 1.165) is 56.2 Å². The van der Waals surface area contributed by atoms with Gasteiger partial charge < -0.3 is 24.3 Å². The van der Waals surface area contributed by atoms with Gasteiger partial charge in [-0.25, -0.2) is 0 Å². The molecule has 65 heavy (non-hydrogen) atoms. The minimum Gasteiger partial charge on any atom is -0.462 e. The van der Waals surface area contributed by atoms with Gasteiger partial charge in [-0.2, -0.15) is 15.2 Å². The number of fused-ring (bicyclic) bond motifs is 2. The summed E-state index contributed by atoms with van der Waals surface area (Å²) in [5, 5.41) is 13.0. The maximum atomic E-state index is 10.4. The van der Waals surface area contributed by atoms with Crippen LogP contribution in [0.2, 0.25) is 0 Å². The van der Waals surface area contributed by atoms with Gasteiger partial charge in [-0.3, -0.25) is 4.90 Å². The van der Waals surface area contributed by atoms with E-state index in [4.69, 9.17) is 14.7 Å². The summed E-state index contributed by atoms with van der Waals surface area (Å²) in [5.74, 6) is 0.957. The monoisotopic (exact) mass is 858 g/mol. The second-order valence-corrected chi connectivity index (χ2v) is 18.0. The molecule has 4 aliphatic heterocycles. The smallest absolute Gasteiger partial charge is 0.318 e. The van der Waals surface area contributed by atoms with E-state index in [-0.39, 0.29) is 6.04 Å². The summed E-state index contributed by atoms with van der Waals surface area (Å²) in [5.41, 5.74) is 8.74. The van der Waals surface area contributed by atoms with Crippen LogP contribution in [0.5, 0.6) is 6.01 Å². The topological polar surface area (TPSA) is 75.0 Å². The van der Waals surface area contributed by atoms with Gasteiger partial charge in [-0.15, -0.1) is 0 Å². The molecule has 0 radical (unpaired) electrons. The number of hydrogen-bond acceptors (Lipinski definition) is 9. The van der Waals surface area contributed by atoms with Gasteiger partial charge in [0, 0.05) is 73.3 Å². The highest BCUT2D eigenvalue weighted by Crippen LogP contribution is 2.45. The zero-order valence-corrected chi connectivity index (χ0v) is 37.6. The lowest BCUT2D eigenvalue weighted by atomic mass is 9.75. The molecule has 328 valence electrons. The summed E-state index contributed by atoms with van der Waals surface area (Å²) in [4.78, 5) is 22.7. The zero-order chi connectivity index (χ0) is 44.2. The van der Waals surface area contributed by atoms with Gasteiger partial charge in [0.2, 0.25) is 0 Å². The van der Waals surface area contributed by atoms with Crippen LogP contribution in [0.25, 0.3) is 10.8 Å². The number of allylic oxidation sites excluding steroid dienone is 4. The highest BCUT2D eigenvalue weighted by atomic mass is 16.5. The average Bonchev–Trinajstić information content (AvgIpc) is 3.63. The molecule has 5 aromatic carbocycles. The number of ether oxygens (including phenoxy) is 1. The highest BCUT2D eigenvalue weighted by Gasteiger charge is 2.43. The van der Waals surface area contributed by atoms with Crippen molar-refractivity contribution in [2.75, 3.05) is 62.7 Å². The lowest BCUT2D eigenvalue weighted by Crippen LogP contribution is -2.55. The average molecular weight is 859 g/mol. The number of likely N-dealkylation sites (N-methyl/N-ethyl adjacent to an activating group) is 1. The molecule has 0 aliphatic carbocycles. The summed E-state index contributed by atoms with van der Waals surface area (Å²) >= 11 is 0. The largest absolute Gasteiger partial charge is 0.462 e. The van der Waals surface area contributed by atoms with Crippen molar-refractivity contribution in [2.45, 2.75) is 56.8 Å². The van der Waals surface area contributed by atoms with E-state index in [2.05, 4.69) is 202 Å². The Morgan fingerprint density at radius 2 is 1.45 bits per heavy atom. The Labute approximate surface area is 384 Å². The van der Waals surface area contributed by atoms with Crippen LogP contribution in [0.1, 0.15) is 52.8 Å². The van der Waals surface area contributed by atoms with Crippen LogP contribution in [-0.2, 0) is 18.5 Å². The van der Waals surface area contributed by atoms with Crippen molar-refractivity contribution in [1.29, 1.82) is 5.26 Å². The maximum Gasteiger partial charge on any atom is 0.318 e. The van der Waals surface area contributed by atoms with E-state index in [0.29, 0.717) is 44.7 Å². The fourth-order valence-electron chi connectivity index (χ4n) is 10.8. The number of anilines is 2. The number of nitrogens with zero attached hydrogens (tertiary/aromatic N) is 8. The minimum atomic E-state index is -0.674. The molecule has 10 rings (SSSR count). The quantitative estimate of drug-likeness (QED) is 0.112. The number of hydrogen-bond donors (Lipinski definition) is 0. The van der Waals surface area contributed by atoms with E-state index in [1.54, 1.807) is 0 Å². The molecule has 0 spiro atoms. The molecular formula is C56H58N8O. The van der Waals surface area contributed by atoms with Crippen molar-refractivity contribution in [3.8, 4) is 12.1 Å². The molecule has 4 aliphatic rings. The van der Waals surface area contributed by atoms with Crippen molar-refractivity contribution in [3.63, 3.8) is 0 Å². The summed E-state index contributed by atoms with van der Waals surface area (Å²) in [6.45, 7) is 8.27. The van der Waals surface area contributed by atoms with Crippen LogP contribution in [-0.4, -0.2) is 89.7 Å². The van der Waals surface area contributed by atoms with E-state index in [1.165, 1.54) is 50.7 Å². The van der Waals surface area contributed by atoms with Crippen LogP contribution < -0.4 is 14.5 Å². The highest BCUT2D eigenvalue weighted by molar-refractivity contribution is 5.97. The molecule has 0 N–H and O–H groups in total. The number of rotatable bonds is 12. The number of nitriles is 1. The number of aromatic nitrogens is 2. The van der Waals surface area contributed by atoms with Gasteiger partial charge in [0.25, 0.3) is 0 Å². The fraction of sp³-hybridized carbons (Fsp3) is 0.304. The van der Waals surface area contributed by atoms with Crippen LogP contribution >= 0.6 is 0 Å². The Hall–Kier alpha value is -6.73. The van der Waals surface area contributed by atoms with Gasteiger partial charge in [-0.1, -0.05) is 133 Å². The Balaban J connectivity index is 0.980. The molecular weight excluding hydrogens is 801 g/mol. The molecule has 0 bridgehead atoms. The molecule has 1 aromatic heterocycles. The van der Waals surface area contributed by atoms with Crippen LogP contribution in [0.3, 0.4) is 0 Å². The predicted molar refractivity (Wildman–Crippen MR) is 262 cm³/mol. The first-order valence-electron chi connectivity index (χ1n) is 23.3. The summed E-state index contributed by atoms with van der Waals surface area (Å²) in [6.07, 6.45) is 14.4. The van der Waals surface area contributed by atoms with Crippen molar-refractivity contribution in [1.82, 2.24) is 24.7 Å². The van der Waals surface area contributed by atoms with E-state index >= 15 is 0 Å². The van der Waals surface area contributed by atoms with E-state index in [1.807, 2.05) is 0 Å². The first-order valence-corrected chi connectivity index (χ1v) is 23.3. The zero-order valence-electron chi connectivity index (χ0n) is 37.6. The summed E-state index contributed by atoms with van der Waals surface area (Å²) < 4.78 is 6.55. The van der Waals surface area contributed by atoms with E-state index < -0.39 is 5.54 Å². The lowest BCUT2D eigenvalue weighted by molar-refractivity contribution is 0.167. The first kappa shape index (κ1) is 42.2. The summed E-state index contributed by atoms with van der Waals surface area (Å²) in [6, 6.07) is 49.1. The molecule has 2 atom stereocenters. The first-order chi connectivity index (χ1) is 32.0. The van der Waals surface area contributed by atoms with E-state index in [9.17, 15) is 5.26 Å². The SMILES string of the molecule is Cc1cccc2cccc(N3CCc4c(nc(OC[C@@H]5CCCN5C)nc4N4CCN(CC5=CC=CC=CN5C(c5ccccc5)(c5ccccc5)c5ccccc5)[C@@H](CC#N)C4)C3)c12. The van der Waals surface area contributed by atoms with Crippen molar-refractivity contribution >= 4 is 22.3 Å². The Bertz CT molecular complexity index is 2640. The second-order valence-electron chi connectivity index (χ2n) is 18.0. The van der Waals surface area contributed by atoms with Crippen LogP contribution in [0.4, 0.5) is 11.5 Å². The molecule has 9 heteroatoms. The third-order valence-corrected chi connectivity index (χ3v) is 14.1. The predicted octanol–water partition coefficient (Wildman–Crippen LogP) is 9.64. The number of piperazine rings is 1. The Morgan fingerprint density at radius 1 is 0.738 bits per heavy atom. The normalized spacial score (nSPS) is 19.2. The third-order valence-electron chi connectivity index (χ3n) is 14.1. The van der Waals surface area contributed by atoms with Crippen LogP contribution in [0.15, 0.2) is 164 Å². The Kier molecular flexibility index (Phi) is 12.2. The second kappa shape index (κ2) is 18.8. The maximum absolute atomic E-state index is 10.4. The molecule has 2 fully saturated rings. The number of likely N-dealkylation sites (tertiary alicyclic amines) is 1. The lowest BCUT2D eigenvalue weighted by Gasteiger charge is -2.48. The Morgan fingerprint density at radius 3 is 2.12 bits per heavy atom. The van der Waals surface area contributed by atoms with Crippen LogP contribution in [0, 0.1) is 18.3 Å². The van der Waals surface area contributed by atoms with Gasteiger partial charge in [0.1, 0.15) is 18.0 Å². The molecule has 2 saturated heterocycles. The van der Waals surface area contributed by atoms with Crippen molar-refractivity contribution in [2.24, 2.45) is 0 Å². The molecule has 6 aromatic rings. The standard InChI is InChI=1S/C56H58N8O/c1-42-18-15-19-43-20-16-29-52(53(42)43)62-35-31-50-51(40-62)58-55(65-41-49-28-17-33-60(49)2)59-54(50)63-37-36-61(47(38-63)30-32-57)39-48-27-13-6-14-34-64(48)56(44-21-7-3-8-22-44,45-23-9-4-10-24-45)46-25-11-5-12-26-46/h3-16,18-27,29,34,47,49H,17,28,30-31,33,35-41H2,1-2H3/t47-,49-/m0/s1. The molecule has 9 nitrogen and oxygen atoms in total. The molecule has 0 saturated carbocycles. The molecule has 0 unspecified atom stereocenters. The third kappa shape index (κ3) is 8.29. The molecule has 5 heterocycles. The van der Waals surface area contributed by atoms with Crippen molar-refractivity contribution < 1.29 is 4.74 Å². The summed E-state index contributed by atoms with van der Waals surface area (Å²) in [7, 11) is 2.18. The minimum absolute atomic E-state index is 0.0341.